The second kappa shape index (κ2) is 9.73. The van der Waals surface area contributed by atoms with E-state index in [1.165, 1.54) is 0 Å². The normalized spacial score (nSPS) is 10.7. The topological polar surface area (TPSA) is 47.6 Å². The highest BCUT2D eigenvalue weighted by atomic mass is 35.5. The zero-order chi connectivity index (χ0) is 17.4. The van der Waals surface area contributed by atoms with Gasteiger partial charge in [0.05, 0.1) is 23.3 Å². The van der Waals surface area contributed by atoms with Gasteiger partial charge in [-0.3, -0.25) is 0 Å². The van der Waals surface area contributed by atoms with Crippen LogP contribution in [0.3, 0.4) is 0 Å². The van der Waals surface area contributed by atoms with E-state index in [4.69, 9.17) is 33.3 Å². The first-order valence-corrected chi connectivity index (χ1v) is 8.60. The summed E-state index contributed by atoms with van der Waals surface area (Å²) < 4.78 is 10.7. The lowest BCUT2D eigenvalue weighted by Crippen LogP contribution is -2.18. The van der Waals surface area contributed by atoms with Crippen LogP contribution in [-0.4, -0.2) is 23.9 Å². The first kappa shape index (κ1) is 19.7. The molecule has 4 nitrogen and oxygen atoms in total. The minimum Gasteiger partial charge on any atom is -0.468 e. The van der Waals surface area contributed by atoms with Gasteiger partial charge in [0.25, 0.3) is 5.17 Å². The number of hydrogen-bond donors (Lipinski definition) is 1. The van der Waals surface area contributed by atoms with Crippen molar-refractivity contribution in [3.05, 3.63) is 28.8 Å². The van der Waals surface area contributed by atoms with Gasteiger partial charge in [-0.25, -0.2) is 4.79 Å². The number of halogens is 1. The van der Waals surface area contributed by atoms with Gasteiger partial charge in [0.2, 0.25) is 0 Å². The van der Waals surface area contributed by atoms with E-state index < -0.39 is 5.97 Å². The summed E-state index contributed by atoms with van der Waals surface area (Å²) in [5.41, 5.74) is 0.949. The molecule has 6 heteroatoms. The Kier molecular flexibility index (Phi) is 8.34. The van der Waals surface area contributed by atoms with Crippen LogP contribution in [0.2, 0.25) is 5.02 Å². The summed E-state index contributed by atoms with van der Waals surface area (Å²) in [7, 11) is 0. The number of rotatable bonds is 7. The van der Waals surface area contributed by atoms with Gasteiger partial charge < -0.3 is 14.8 Å². The molecule has 1 N–H and O–H groups in total. The van der Waals surface area contributed by atoms with Crippen molar-refractivity contribution >= 4 is 40.7 Å². The number of benzene rings is 1. The van der Waals surface area contributed by atoms with Gasteiger partial charge >= 0.3 is 5.97 Å². The third kappa shape index (κ3) is 6.75. The van der Waals surface area contributed by atoms with E-state index >= 15 is 0 Å². The van der Waals surface area contributed by atoms with E-state index in [1.807, 2.05) is 13.8 Å². The lowest BCUT2D eigenvalue weighted by Gasteiger charge is -2.15. The van der Waals surface area contributed by atoms with Gasteiger partial charge in [0, 0.05) is 5.69 Å². The predicted octanol–water partition coefficient (Wildman–Crippen LogP) is 5.05. The summed E-state index contributed by atoms with van der Waals surface area (Å²) in [4.78, 5) is 12.2. The maximum Gasteiger partial charge on any atom is 0.339 e. The van der Waals surface area contributed by atoms with Crippen molar-refractivity contribution in [2.45, 2.75) is 46.6 Å². The molecule has 0 amide bonds. The molecule has 0 spiro atoms. The molecule has 1 aromatic carbocycles. The first-order valence-electron chi connectivity index (χ1n) is 7.81. The van der Waals surface area contributed by atoms with Crippen LogP contribution in [-0.2, 0) is 9.47 Å². The average molecular weight is 358 g/mol. The van der Waals surface area contributed by atoms with Crippen LogP contribution < -0.4 is 5.32 Å². The molecule has 0 saturated carbocycles. The van der Waals surface area contributed by atoms with Crippen LogP contribution in [0.1, 0.15) is 50.9 Å². The number of anilines is 1. The number of hydrogen-bond acceptors (Lipinski definition) is 4. The fraction of sp³-hybridized carbons (Fsp3) is 0.529. The SMILES string of the molecule is CCC(CC)COC(=O)c1cc(NC(=S)OC(C)C)ccc1Cl. The quantitative estimate of drug-likeness (QED) is 0.546. The van der Waals surface area contributed by atoms with Crippen LogP contribution in [0.15, 0.2) is 18.2 Å². The maximum absolute atomic E-state index is 12.2. The Labute approximate surface area is 148 Å². The number of ether oxygens (including phenoxy) is 2. The van der Waals surface area contributed by atoms with Gasteiger partial charge in [-0.15, -0.1) is 0 Å². The van der Waals surface area contributed by atoms with Crippen molar-refractivity contribution in [2.75, 3.05) is 11.9 Å². The van der Waals surface area contributed by atoms with E-state index in [1.54, 1.807) is 18.2 Å². The Morgan fingerprint density at radius 2 is 1.96 bits per heavy atom. The molecule has 0 aliphatic rings. The Morgan fingerprint density at radius 3 is 2.52 bits per heavy atom. The molecule has 23 heavy (non-hydrogen) atoms. The third-order valence-electron chi connectivity index (χ3n) is 3.38. The van der Waals surface area contributed by atoms with E-state index in [9.17, 15) is 4.79 Å². The average Bonchev–Trinajstić information content (AvgIpc) is 2.49. The fourth-order valence-corrected chi connectivity index (χ4v) is 2.42. The van der Waals surface area contributed by atoms with Gasteiger partial charge in [-0.05, 0) is 50.2 Å². The number of thiocarbonyl (C=S) groups is 1. The molecule has 1 aromatic rings. The van der Waals surface area contributed by atoms with Crippen molar-refractivity contribution in [3.63, 3.8) is 0 Å². The number of carbonyl (C=O) groups is 1. The molecule has 0 aliphatic carbocycles. The summed E-state index contributed by atoms with van der Waals surface area (Å²) in [6.45, 7) is 8.33. The summed E-state index contributed by atoms with van der Waals surface area (Å²) in [5.74, 6) is -0.0627. The van der Waals surface area contributed by atoms with E-state index in [0.29, 0.717) is 28.8 Å². The van der Waals surface area contributed by atoms with E-state index in [0.717, 1.165) is 12.8 Å². The van der Waals surface area contributed by atoms with Crippen molar-refractivity contribution in [2.24, 2.45) is 5.92 Å². The molecular formula is C17H24ClNO3S. The molecule has 0 fully saturated rings. The van der Waals surface area contributed by atoms with Gasteiger partial charge in [-0.1, -0.05) is 38.3 Å². The highest BCUT2D eigenvalue weighted by molar-refractivity contribution is 7.80. The van der Waals surface area contributed by atoms with Crippen molar-refractivity contribution in [3.8, 4) is 0 Å². The Hall–Kier alpha value is -1.33. The second-order valence-electron chi connectivity index (χ2n) is 5.55. The van der Waals surface area contributed by atoms with Crippen LogP contribution in [0.25, 0.3) is 0 Å². The summed E-state index contributed by atoms with van der Waals surface area (Å²) in [5, 5.41) is 3.52. The highest BCUT2D eigenvalue weighted by Crippen LogP contribution is 2.22. The van der Waals surface area contributed by atoms with Gasteiger partial charge in [-0.2, -0.15) is 0 Å². The minimum absolute atomic E-state index is 0.0215. The smallest absolute Gasteiger partial charge is 0.339 e. The van der Waals surface area contributed by atoms with Gasteiger partial charge in [0.15, 0.2) is 0 Å². The molecule has 0 atom stereocenters. The Bertz CT molecular complexity index is 545. The van der Waals surface area contributed by atoms with Crippen molar-refractivity contribution in [1.29, 1.82) is 0 Å². The summed E-state index contributed by atoms with van der Waals surface area (Å²) >= 11 is 11.2. The maximum atomic E-state index is 12.2. The molecule has 0 aromatic heterocycles. The van der Waals surface area contributed by atoms with E-state index in [2.05, 4.69) is 19.2 Å². The molecule has 0 bridgehead atoms. The number of esters is 1. The molecule has 0 saturated heterocycles. The van der Waals surface area contributed by atoms with Crippen LogP contribution in [0.5, 0.6) is 0 Å². The van der Waals surface area contributed by atoms with E-state index in [-0.39, 0.29) is 11.3 Å². The molecule has 1 rings (SSSR count). The number of carbonyl (C=O) groups excluding carboxylic acids is 1. The largest absolute Gasteiger partial charge is 0.468 e. The zero-order valence-corrected chi connectivity index (χ0v) is 15.6. The highest BCUT2D eigenvalue weighted by Gasteiger charge is 2.15. The minimum atomic E-state index is -0.429. The predicted molar refractivity (Wildman–Crippen MR) is 98.2 cm³/mol. The molecule has 128 valence electrons. The summed E-state index contributed by atoms with van der Waals surface area (Å²) in [6, 6.07) is 4.99. The fourth-order valence-electron chi connectivity index (χ4n) is 1.92. The summed E-state index contributed by atoms with van der Waals surface area (Å²) in [6.07, 6.45) is 1.92. The number of nitrogens with one attached hydrogen (secondary N) is 1. The standard InChI is InChI=1S/C17H24ClNO3S/c1-5-12(6-2)10-21-16(20)14-9-13(7-8-15(14)18)19-17(23)22-11(3)4/h7-9,11-12H,5-6,10H2,1-4H3,(H,19,23). The molecule has 0 radical (unpaired) electrons. The third-order valence-corrected chi connectivity index (χ3v) is 3.91. The van der Waals surface area contributed by atoms with Crippen molar-refractivity contribution in [1.82, 2.24) is 0 Å². The lowest BCUT2D eigenvalue weighted by atomic mass is 10.1. The molecule has 0 aliphatic heterocycles. The monoisotopic (exact) mass is 357 g/mol. The lowest BCUT2D eigenvalue weighted by molar-refractivity contribution is 0.0433. The van der Waals surface area contributed by atoms with Crippen molar-refractivity contribution < 1.29 is 14.3 Å². The molecule has 0 heterocycles. The first-order chi connectivity index (χ1) is 10.9. The second-order valence-corrected chi connectivity index (χ2v) is 6.33. The van der Waals surface area contributed by atoms with Gasteiger partial charge in [0.1, 0.15) is 0 Å². The van der Waals surface area contributed by atoms with Crippen LogP contribution in [0, 0.1) is 5.92 Å². The Balaban J connectivity index is 2.76. The van der Waals surface area contributed by atoms with Crippen LogP contribution in [0.4, 0.5) is 5.69 Å². The molecule has 0 unspecified atom stereocenters. The molecular weight excluding hydrogens is 334 g/mol. The Morgan fingerprint density at radius 1 is 1.30 bits per heavy atom. The van der Waals surface area contributed by atoms with Crippen LogP contribution >= 0.6 is 23.8 Å². The zero-order valence-electron chi connectivity index (χ0n) is 14.0.